The number of aliphatic hydroxyl groups excluding tert-OH is 1. The molecule has 8 atom stereocenters. The summed E-state index contributed by atoms with van der Waals surface area (Å²) in [5, 5.41) is 10.1. The quantitative estimate of drug-likeness (QED) is 0.732. The molecule has 19 heavy (non-hydrogen) atoms. The van der Waals surface area contributed by atoms with E-state index in [0.717, 1.165) is 19.3 Å². The molecular formula is C15H24O4. The van der Waals surface area contributed by atoms with Gasteiger partial charge in [-0.15, -0.1) is 0 Å². The summed E-state index contributed by atoms with van der Waals surface area (Å²) >= 11 is 0. The molecular weight excluding hydrogens is 244 g/mol. The predicted molar refractivity (Wildman–Crippen MR) is 68.0 cm³/mol. The van der Waals surface area contributed by atoms with Crippen molar-refractivity contribution in [1.29, 1.82) is 0 Å². The molecule has 3 saturated heterocycles. The Morgan fingerprint density at radius 3 is 2.68 bits per heavy atom. The Morgan fingerprint density at radius 2 is 1.89 bits per heavy atom. The van der Waals surface area contributed by atoms with Crippen LogP contribution in [0.2, 0.25) is 0 Å². The molecule has 4 fully saturated rings. The average Bonchev–Trinajstić information content (AvgIpc) is 2.56. The maximum Gasteiger partial charge on any atom is 0.193 e. The minimum absolute atomic E-state index is 0.121. The van der Waals surface area contributed by atoms with Crippen LogP contribution in [0, 0.1) is 23.7 Å². The number of rotatable bonds is 0. The molecule has 1 saturated carbocycles. The second-order valence-electron chi connectivity index (χ2n) is 7.23. The Kier molecular flexibility index (Phi) is 2.47. The summed E-state index contributed by atoms with van der Waals surface area (Å²) in [4.78, 5) is 0. The Balaban J connectivity index is 1.81. The molecule has 4 heteroatoms. The zero-order chi connectivity index (χ0) is 13.4. The molecule has 0 amide bonds. The molecule has 4 aliphatic rings. The highest BCUT2D eigenvalue weighted by molar-refractivity contribution is 5.12. The second kappa shape index (κ2) is 3.73. The standard InChI is InChI=1S/C15H24O4/c1-8-4-5-11-9(2)12(16)17-13-15(11)10(8)6-7-14(3,18-13)19-15/h8-13,16H,4-7H2,1-3H3/t8-,9-,10+,11+,12?,13-,14-,15-/m1/s1. The van der Waals surface area contributed by atoms with E-state index in [2.05, 4.69) is 13.8 Å². The molecule has 3 aliphatic heterocycles. The van der Waals surface area contributed by atoms with Gasteiger partial charge < -0.3 is 19.3 Å². The molecule has 1 N–H and O–H groups in total. The van der Waals surface area contributed by atoms with Crippen molar-refractivity contribution in [3.05, 3.63) is 0 Å². The van der Waals surface area contributed by atoms with E-state index in [0.29, 0.717) is 17.8 Å². The van der Waals surface area contributed by atoms with E-state index in [9.17, 15) is 5.11 Å². The number of hydrogen-bond acceptors (Lipinski definition) is 4. The van der Waals surface area contributed by atoms with Crippen LogP contribution in [0.4, 0.5) is 0 Å². The predicted octanol–water partition coefficient (Wildman–Crippen LogP) is 2.26. The van der Waals surface area contributed by atoms with Crippen molar-refractivity contribution in [2.75, 3.05) is 0 Å². The fraction of sp³-hybridized carbons (Fsp3) is 1.00. The van der Waals surface area contributed by atoms with Gasteiger partial charge >= 0.3 is 0 Å². The number of aliphatic hydroxyl groups is 1. The largest absolute Gasteiger partial charge is 0.368 e. The molecule has 0 aromatic carbocycles. The van der Waals surface area contributed by atoms with Crippen LogP contribution in [0.25, 0.3) is 0 Å². The normalized spacial score (nSPS) is 63.8. The molecule has 1 aliphatic carbocycles. The molecule has 0 aromatic rings. The maximum absolute atomic E-state index is 10.1. The van der Waals surface area contributed by atoms with Crippen molar-refractivity contribution < 1.29 is 19.3 Å². The van der Waals surface area contributed by atoms with Crippen LogP contribution in [0.3, 0.4) is 0 Å². The molecule has 3 heterocycles. The van der Waals surface area contributed by atoms with Gasteiger partial charge in [-0.2, -0.15) is 0 Å². The first-order valence-electron chi connectivity index (χ1n) is 7.68. The summed E-state index contributed by atoms with van der Waals surface area (Å²) in [6.07, 6.45) is 3.30. The summed E-state index contributed by atoms with van der Waals surface area (Å²) in [5.41, 5.74) is -0.316. The third-order valence-electron chi connectivity index (χ3n) is 6.15. The lowest BCUT2D eigenvalue weighted by atomic mass is 9.57. The summed E-state index contributed by atoms with van der Waals surface area (Å²) in [5.74, 6) is 1.11. The van der Waals surface area contributed by atoms with Crippen molar-refractivity contribution >= 4 is 0 Å². The van der Waals surface area contributed by atoms with Crippen molar-refractivity contribution in [1.82, 2.24) is 0 Å². The van der Waals surface area contributed by atoms with Gasteiger partial charge in [0.25, 0.3) is 0 Å². The Labute approximate surface area is 114 Å². The van der Waals surface area contributed by atoms with Gasteiger partial charge in [0.15, 0.2) is 18.4 Å². The summed E-state index contributed by atoms with van der Waals surface area (Å²) in [6.45, 7) is 6.43. The molecule has 0 radical (unpaired) electrons. The van der Waals surface area contributed by atoms with Crippen LogP contribution in [-0.4, -0.2) is 29.1 Å². The van der Waals surface area contributed by atoms with Crippen molar-refractivity contribution in [2.24, 2.45) is 23.7 Å². The van der Waals surface area contributed by atoms with E-state index in [1.54, 1.807) is 0 Å². The highest BCUT2D eigenvalue weighted by Crippen LogP contribution is 2.63. The van der Waals surface area contributed by atoms with E-state index in [1.807, 2.05) is 6.92 Å². The van der Waals surface area contributed by atoms with Gasteiger partial charge in [0.2, 0.25) is 0 Å². The minimum Gasteiger partial charge on any atom is -0.368 e. The first kappa shape index (κ1) is 12.6. The van der Waals surface area contributed by atoms with Gasteiger partial charge in [-0.05, 0) is 38.0 Å². The van der Waals surface area contributed by atoms with Crippen LogP contribution in [0.1, 0.15) is 46.5 Å². The monoisotopic (exact) mass is 268 g/mol. The molecule has 2 bridgehead atoms. The molecule has 0 aromatic heterocycles. The van der Waals surface area contributed by atoms with E-state index < -0.39 is 12.1 Å². The first-order valence-corrected chi connectivity index (χ1v) is 7.68. The second-order valence-corrected chi connectivity index (χ2v) is 7.23. The minimum atomic E-state index is -0.721. The van der Waals surface area contributed by atoms with Crippen LogP contribution in [0.5, 0.6) is 0 Å². The lowest BCUT2D eigenvalue weighted by molar-refractivity contribution is -0.326. The van der Waals surface area contributed by atoms with Crippen LogP contribution < -0.4 is 0 Å². The Hall–Kier alpha value is -0.160. The topological polar surface area (TPSA) is 47.9 Å². The van der Waals surface area contributed by atoms with E-state index in [4.69, 9.17) is 14.2 Å². The smallest absolute Gasteiger partial charge is 0.193 e. The number of ether oxygens (including phenoxy) is 3. The van der Waals surface area contributed by atoms with Crippen molar-refractivity contribution in [2.45, 2.75) is 70.4 Å². The fourth-order valence-electron chi connectivity index (χ4n) is 5.15. The Bertz CT molecular complexity index is 400. The van der Waals surface area contributed by atoms with E-state index in [1.165, 1.54) is 6.42 Å². The van der Waals surface area contributed by atoms with Crippen molar-refractivity contribution in [3.63, 3.8) is 0 Å². The lowest BCUT2D eigenvalue weighted by Gasteiger charge is -2.57. The van der Waals surface area contributed by atoms with Gasteiger partial charge in [0.1, 0.15) is 5.60 Å². The average molecular weight is 268 g/mol. The molecule has 4 rings (SSSR count). The van der Waals surface area contributed by atoms with Crippen LogP contribution in [-0.2, 0) is 14.2 Å². The zero-order valence-electron chi connectivity index (χ0n) is 12.0. The third-order valence-corrected chi connectivity index (χ3v) is 6.15. The van der Waals surface area contributed by atoms with E-state index in [-0.39, 0.29) is 17.8 Å². The highest BCUT2D eigenvalue weighted by Gasteiger charge is 2.71. The van der Waals surface area contributed by atoms with Crippen LogP contribution >= 0.6 is 0 Å². The van der Waals surface area contributed by atoms with Gasteiger partial charge in [0, 0.05) is 18.3 Å². The first-order chi connectivity index (χ1) is 8.96. The van der Waals surface area contributed by atoms with Gasteiger partial charge in [-0.3, -0.25) is 0 Å². The summed E-state index contributed by atoms with van der Waals surface area (Å²) < 4.78 is 18.3. The number of hydrogen-bond donors (Lipinski definition) is 1. The fourth-order valence-corrected chi connectivity index (χ4v) is 5.15. The summed E-state index contributed by atoms with van der Waals surface area (Å²) in [6, 6.07) is 0. The maximum atomic E-state index is 10.1. The van der Waals surface area contributed by atoms with Crippen LogP contribution in [0.15, 0.2) is 0 Å². The highest BCUT2D eigenvalue weighted by atomic mass is 16.9. The SMILES string of the molecule is C[C@@H]1CC[C@H]2[C@@H](C)C(O)O[C@@H]3O[C@@]4(C)CC[C@@H]1[C@]32O4. The van der Waals surface area contributed by atoms with Gasteiger partial charge in [-0.25, -0.2) is 0 Å². The molecule has 1 unspecified atom stereocenters. The molecule has 4 nitrogen and oxygen atoms in total. The van der Waals surface area contributed by atoms with Crippen molar-refractivity contribution in [3.8, 4) is 0 Å². The number of fused-ring (bicyclic) bond motifs is 1. The summed E-state index contributed by atoms with van der Waals surface area (Å²) in [7, 11) is 0. The van der Waals surface area contributed by atoms with Gasteiger partial charge in [0.05, 0.1) is 0 Å². The van der Waals surface area contributed by atoms with E-state index >= 15 is 0 Å². The molecule has 108 valence electrons. The lowest BCUT2D eigenvalue weighted by Crippen LogP contribution is -2.66. The zero-order valence-corrected chi connectivity index (χ0v) is 12.0. The van der Waals surface area contributed by atoms with Gasteiger partial charge in [-0.1, -0.05) is 13.8 Å². The Morgan fingerprint density at radius 1 is 1.11 bits per heavy atom. The molecule has 1 spiro atoms. The third kappa shape index (κ3) is 1.44.